The van der Waals surface area contributed by atoms with Gasteiger partial charge in [0.15, 0.2) is 0 Å². The van der Waals surface area contributed by atoms with Crippen LogP contribution in [0.15, 0.2) is 62.0 Å². The molecule has 1 unspecified atom stereocenters. The Hall–Kier alpha value is -1.99. The number of carbonyl (C=O) groups is 1. The average Bonchev–Trinajstić information content (AvgIpc) is 3.31. The minimum Gasteiger partial charge on any atom is -0.337 e. The lowest BCUT2D eigenvalue weighted by Gasteiger charge is -2.22. The van der Waals surface area contributed by atoms with Gasteiger partial charge in [0.1, 0.15) is 6.04 Å². The maximum Gasteiger partial charge on any atom is 0.254 e. The molecular weight excluding hydrogens is 462 g/mol. The minimum absolute atomic E-state index is 0.0165. The van der Waals surface area contributed by atoms with Gasteiger partial charge in [0.25, 0.3) is 5.91 Å². The highest BCUT2D eigenvalue weighted by molar-refractivity contribution is 9.10. The van der Waals surface area contributed by atoms with Crippen molar-refractivity contribution in [3.05, 3.63) is 68.9 Å². The summed E-state index contributed by atoms with van der Waals surface area (Å²) in [6.07, 6.45) is 1.74. The maximum atomic E-state index is 12.9. The van der Waals surface area contributed by atoms with Crippen LogP contribution in [0.3, 0.4) is 0 Å². The molecule has 0 radical (unpaired) electrons. The predicted molar refractivity (Wildman–Crippen MR) is 105 cm³/mol. The Morgan fingerprint density at radius 2 is 1.92 bits per heavy atom. The molecule has 1 atom stereocenters. The summed E-state index contributed by atoms with van der Waals surface area (Å²) in [5.41, 5.74) is 1.53. The van der Waals surface area contributed by atoms with Crippen molar-refractivity contribution in [1.82, 2.24) is 15.0 Å². The Balaban J connectivity index is 1.59. The second kappa shape index (κ2) is 7.32. The van der Waals surface area contributed by atoms with Crippen LogP contribution in [0.2, 0.25) is 0 Å². The van der Waals surface area contributed by atoms with Crippen LogP contribution >= 0.6 is 31.9 Å². The van der Waals surface area contributed by atoms with Crippen molar-refractivity contribution in [3.63, 3.8) is 0 Å². The van der Waals surface area contributed by atoms with Crippen molar-refractivity contribution in [2.75, 3.05) is 6.54 Å². The molecule has 1 aliphatic heterocycles. The Bertz CT molecular complexity index is 940. The van der Waals surface area contributed by atoms with E-state index in [0.717, 1.165) is 27.4 Å². The normalized spacial score (nSPS) is 16.8. The summed E-state index contributed by atoms with van der Waals surface area (Å²) in [7, 11) is 0. The number of hydrogen-bond donors (Lipinski definition) is 0. The standard InChI is InChI=1S/C19H15Br2N3O2/c20-14-8-6-12(7-9-14)17-22-18(26-23-17)16-5-2-10-24(16)19(25)13-3-1-4-15(21)11-13/h1,3-4,6-9,11,16H,2,5,10H2. The third-order valence-electron chi connectivity index (χ3n) is 4.41. The molecule has 0 spiro atoms. The Kier molecular flexibility index (Phi) is 4.91. The summed E-state index contributed by atoms with van der Waals surface area (Å²) < 4.78 is 7.37. The minimum atomic E-state index is -0.182. The predicted octanol–water partition coefficient (Wildman–Crippen LogP) is 5.24. The zero-order valence-corrected chi connectivity index (χ0v) is 16.9. The zero-order chi connectivity index (χ0) is 18.1. The molecule has 1 amide bonds. The Labute approximate surface area is 167 Å². The van der Waals surface area contributed by atoms with E-state index in [2.05, 4.69) is 42.0 Å². The van der Waals surface area contributed by atoms with Crippen molar-refractivity contribution < 1.29 is 9.32 Å². The molecule has 0 N–H and O–H groups in total. The molecule has 0 aliphatic carbocycles. The van der Waals surface area contributed by atoms with Crippen molar-refractivity contribution >= 4 is 37.8 Å². The van der Waals surface area contributed by atoms with Gasteiger partial charge < -0.3 is 9.42 Å². The number of halogens is 2. The van der Waals surface area contributed by atoms with Gasteiger partial charge in [-0.2, -0.15) is 4.98 Å². The first-order chi connectivity index (χ1) is 12.6. The summed E-state index contributed by atoms with van der Waals surface area (Å²) in [4.78, 5) is 19.3. The number of likely N-dealkylation sites (tertiary alicyclic amines) is 1. The fraction of sp³-hybridized carbons (Fsp3) is 0.211. The van der Waals surface area contributed by atoms with E-state index in [1.807, 2.05) is 53.4 Å². The molecule has 5 nitrogen and oxygen atoms in total. The molecule has 1 aromatic heterocycles. The van der Waals surface area contributed by atoms with Crippen LogP contribution in [0.25, 0.3) is 11.4 Å². The highest BCUT2D eigenvalue weighted by atomic mass is 79.9. The molecule has 1 saturated heterocycles. The summed E-state index contributed by atoms with van der Waals surface area (Å²) >= 11 is 6.83. The van der Waals surface area contributed by atoms with Gasteiger partial charge in [-0.05, 0) is 55.3 Å². The molecule has 1 fully saturated rings. The number of aromatic nitrogens is 2. The van der Waals surface area contributed by atoms with Crippen molar-refractivity contribution in [2.24, 2.45) is 0 Å². The summed E-state index contributed by atoms with van der Waals surface area (Å²) in [6.45, 7) is 0.687. The average molecular weight is 477 g/mol. The number of nitrogens with zero attached hydrogens (tertiary/aromatic N) is 3. The van der Waals surface area contributed by atoms with Crippen molar-refractivity contribution in [2.45, 2.75) is 18.9 Å². The van der Waals surface area contributed by atoms with Gasteiger partial charge in [0, 0.05) is 26.6 Å². The smallest absolute Gasteiger partial charge is 0.254 e. The van der Waals surface area contributed by atoms with Gasteiger partial charge >= 0.3 is 0 Å². The van der Waals surface area contributed by atoms with Gasteiger partial charge in [0.2, 0.25) is 11.7 Å². The molecule has 2 aromatic carbocycles. The number of benzene rings is 2. The van der Waals surface area contributed by atoms with E-state index in [0.29, 0.717) is 23.8 Å². The lowest BCUT2D eigenvalue weighted by molar-refractivity contribution is 0.0710. The van der Waals surface area contributed by atoms with E-state index in [1.165, 1.54) is 0 Å². The van der Waals surface area contributed by atoms with Crippen LogP contribution in [0.5, 0.6) is 0 Å². The number of amides is 1. The topological polar surface area (TPSA) is 59.2 Å². The zero-order valence-electron chi connectivity index (χ0n) is 13.7. The number of hydrogen-bond acceptors (Lipinski definition) is 4. The van der Waals surface area contributed by atoms with Crippen LogP contribution in [0.1, 0.15) is 35.1 Å². The molecular formula is C19H15Br2N3O2. The second-order valence-electron chi connectivity index (χ2n) is 6.13. The molecule has 4 rings (SSSR count). The van der Waals surface area contributed by atoms with E-state index < -0.39 is 0 Å². The first kappa shape index (κ1) is 17.4. The molecule has 0 saturated carbocycles. The highest BCUT2D eigenvalue weighted by Crippen LogP contribution is 2.33. The fourth-order valence-corrected chi connectivity index (χ4v) is 3.80. The Morgan fingerprint density at radius 1 is 1.12 bits per heavy atom. The van der Waals surface area contributed by atoms with E-state index in [4.69, 9.17) is 4.52 Å². The van der Waals surface area contributed by atoms with Crippen molar-refractivity contribution in [3.8, 4) is 11.4 Å². The van der Waals surface area contributed by atoms with Crippen LogP contribution < -0.4 is 0 Å². The van der Waals surface area contributed by atoms with Crippen LogP contribution in [0, 0.1) is 0 Å². The molecule has 7 heteroatoms. The molecule has 26 heavy (non-hydrogen) atoms. The fourth-order valence-electron chi connectivity index (χ4n) is 3.14. The van der Waals surface area contributed by atoms with Crippen LogP contribution in [-0.4, -0.2) is 27.5 Å². The monoisotopic (exact) mass is 475 g/mol. The molecule has 1 aliphatic rings. The SMILES string of the molecule is O=C(c1cccc(Br)c1)N1CCCC1c1nc(-c2ccc(Br)cc2)no1. The second-order valence-corrected chi connectivity index (χ2v) is 7.96. The highest BCUT2D eigenvalue weighted by Gasteiger charge is 2.34. The van der Waals surface area contributed by atoms with Gasteiger partial charge in [-0.1, -0.05) is 43.1 Å². The third-order valence-corrected chi connectivity index (χ3v) is 5.44. The first-order valence-electron chi connectivity index (χ1n) is 8.28. The largest absolute Gasteiger partial charge is 0.337 e. The van der Waals surface area contributed by atoms with Gasteiger partial charge in [-0.25, -0.2) is 0 Å². The molecule has 0 bridgehead atoms. The molecule has 2 heterocycles. The van der Waals surface area contributed by atoms with Crippen LogP contribution in [0.4, 0.5) is 0 Å². The first-order valence-corrected chi connectivity index (χ1v) is 9.86. The quantitative estimate of drug-likeness (QED) is 0.518. The number of rotatable bonds is 3. The van der Waals surface area contributed by atoms with E-state index in [-0.39, 0.29) is 11.9 Å². The van der Waals surface area contributed by atoms with Gasteiger partial charge in [-0.15, -0.1) is 0 Å². The van der Waals surface area contributed by atoms with E-state index in [1.54, 1.807) is 0 Å². The maximum absolute atomic E-state index is 12.9. The van der Waals surface area contributed by atoms with Crippen molar-refractivity contribution in [1.29, 1.82) is 0 Å². The summed E-state index contributed by atoms with van der Waals surface area (Å²) in [6, 6.07) is 15.0. The number of carbonyl (C=O) groups excluding carboxylic acids is 1. The van der Waals surface area contributed by atoms with E-state index >= 15 is 0 Å². The summed E-state index contributed by atoms with van der Waals surface area (Å²) in [5, 5.41) is 4.09. The van der Waals surface area contributed by atoms with Gasteiger partial charge in [0.05, 0.1) is 0 Å². The lowest BCUT2D eigenvalue weighted by Crippen LogP contribution is -2.30. The van der Waals surface area contributed by atoms with E-state index in [9.17, 15) is 4.79 Å². The van der Waals surface area contributed by atoms with Crippen LogP contribution in [-0.2, 0) is 0 Å². The third kappa shape index (κ3) is 3.46. The molecule has 132 valence electrons. The van der Waals surface area contributed by atoms with Gasteiger partial charge in [-0.3, -0.25) is 4.79 Å². The molecule has 3 aromatic rings. The lowest BCUT2D eigenvalue weighted by atomic mass is 10.1. The summed E-state index contributed by atoms with van der Waals surface area (Å²) in [5.74, 6) is 1.01. The Morgan fingerprint density at radius 3 is 2.69 bits per heavy atom.